The molecule has 3 N–H and O–H groups in total. The minimum absolute atomic E-state index is 0.118. The topological polar surface area (TPSA) is 140 Å². The van der Waals surface area contributed by atoms with E-state index < -0.39 is 11.2 Å². The number of rotatable bonds is 4. The second-order valence-corrected chi connectivity index (χ2v) is 9.57. The molecule has 0 aliphatic rings. The molecule has 5 aromatic rings. The number of hydrogen-bond acceptors (Lipinski definition) is 8. The van der Waals surface area contributed by atoms with Crippen LogP contribution in [0.4, 0.5) is 5.82 Å². The highest BCUT2D eigenvalue weighted by atomic mass is 35.5. The molecule has 2 aromatic carbocycles. The van der Waals surface area contributed by atoms with Gasteiger partial charge in [-0.2, -0.15) is 9.94 Å². The Morgan fingerprint density at radius 1 is 1.11 bits per heavy atom. The van der Waals surface area contributed by atoms with E-state index in [9.17, 15) is 9.59 Å². The molecular formula is C24H14Cl2N6O3S. The van der Waals surface area contributed by atoms with Gasteiger partial charge in [-0.25, -0.2) is 9.78 Å². The number of thiophene rings is 1. The summed E-state index contributed by atoms with van der Waals surface area (Å²) in [7, 11) is 0. The number of benzene rings is 2. The number of H-pyrrole nitrogens is 1. The van der Waals surface area contributed by atoms with Gasteiger partial charge in [-0.1, -0.05) is 23.2 Å². The Morgan fingerprint density at radius 3 is 2.56 bits per heavy atom. The maximum Gasteiger partial charge on any atom is 0.349 e. The molecule has 178 valence electrons. The molecule has 9 nitrogen and oxygen atoms in total. The van der Waals surface area contributed by atoms with E-state index in [-0.39, 0.29) is 27.3 Å². The van der Waals surface area contributed by atoms with Crippen molar-refractivity contribution in [2.24, 2.45) is 0 Å². The van der Waals surface area contributed by atoms with Crippen molar-refractivity contribution >= 4 is 51.3 Å². The number of nitrogens with one attached hydrogen (secondary N) is 1. The van der Waals surface area contributed by atoms with Crippen molar-refractivity contribution in [3.63, 3.8) is 0 Å². The van der Waals surface area contributed by atoms with Gasteiger partial charge in [0.15, 0.2) is 5.75 Å². The van der Waals surface area contributed by atoms with Crippen LogP contribution in [0.1, 0.15) is 10.4 Å². The fourth-order valence-electron chi connectivity index (χ4n) is 3.57. The maximum absolute atomic E-state index is 12.1. The zero-order valence-corrected chi connectivity index (χ0v) is 20.7. The highest BCUT2D eigenvalue weighted by Gasteiger charge is 2.16. The summed E-state index contributed by atoms with van der Waals surface area (Å²) in [5, 5.41) is 14.0. The SMILES string of the molecule is Cc1cc(-c2ccc(C#N)s2)nc2ccc(Oc3c(Cl)cc(-n4nc(N)c(=O)[nH]c4=O)cc3Cl)cc12. The van der Waals surface area contributed by atoms with Crippen LogP contribution in [0.5, 0.6) is 11.5 Å². The van der Waals surface area contributed by atoms with E-state index in [4.69, 9.17) is 43.9 Å². The van der Waals surface area contributed by atoms with E-state index in [1.807, 2.05) is 31.2 Å². The van der Waals surface area contributed by atoms with Gasteiger partial charge in [0.1, 0.15) is 16.7 Å². The summed E-state index contributed by atoms with van der Waals surface area (Å²) in [6.07, 6.45) is 0. The second-order valence-electron chi connectivity index (χ2n) is 7.68. The van der Waals surface area contributed by atoms with E-state index in [1.54, 1.807) is 12.1 Å². The molecule has 3 aromatic heterocycles. The van der Waals surface area contributed by atoms with Crippen molar-refractivity contribution in [3.8, 4) is 33.8 Å². The number of ether oxygens (including phenoxy) is 1. The lowest BCUT2D eigenvalue weighted by molar-refractivity contribution is 0.483. The van der Waals surface area contributed by atoms with Gasteiger partial charge >= 0.3 is 5.69 Å². The van der Waals surface area contributed by atoms with Gasteiger partial charge in [0.05, 0.1) is 31.8 Å². The lowest BCUT2D eigenvalue weighted by Crippen LogP contribution is -2.33. The second kappa shape index (κ2) is 9.13. The van der Waals surface area contributed by atoms with Crippen molar-refractivity contribution in [1.82, 2.24) is 19.7 Å². The van der Waals surface area contributed by atoms with E-state index in [0.717, 1.165) is 31.7 Å². The Balaban J connectivity index is 1.49. The number of aryl methyl sites for hydroxylation is 1. The Labute approximate surface area is 216 Å². The third-order valence-corrected chi connectivity index (χ3v) is 6.83. The number of pyridine rings is 1. The summed E-state index contributed by atoms with van der Waals surface area (Å²) in [4.78, 5) is 31.9. The molecule has 0 saturated carbocycles. The summed E-state index contributed by atoms with van der Waals surface area (Å²) in [5.74, 6) is 0.273. The largest absolute Gasteiger partial charge is 0.454 e. The first-order valence-electron chi connectivity index (χ1n) is 10.3. The fraction of sp³-hybridized carbons (Fsp3) is 0.0417. The number of fused-ring (bicyclic) bond motifs is 1. The van der Waals surface area contributed by atoms with Crippen LogP contribution in [-0.2, 0) is 0 Å². The third kappa shape index (κ3) is 4.31. The van der Waals surface area contributed by atoms with Crippen molar-refractivity contribution in [2.45, 2.75) is 6.92 Å². The van der Waals surface area contributed by atoms with Crippen LogP contribution in [0, 0.1) is 18.3 Å². The molecule has 0 aliphatic heterocycles. The molecule has 0 atom stereocenters. The molecule has 0 unspecified atom stereocenters. The van der Waals surface area contributed by atoms with E-state index in [0.29, 0.717) is 10.6 Å². The molecule has 0 spiro atoms. The Hall–Kier alpha value is -4.17. The van der Waals surface area contributed by atoms with Crippen molar-refractivity contribution in [3.05, 3.63) is 89.9 Å². The minimum atomic E-state index is -0.793. The maximum atomic E-state index is 12.1. The zero-order valence-electron chi connectivity index (χ0n) is 18.4. The average Bonchev–Trinajstić information content (AvgIpc) is 3.33. The number of nitrogens with two attached hydrogens (primary N) is 1. The zero-order chi connectivity index (χ0) is 25.6. The third-order valence-electron chi connectivity index (χ3n) is 5.26. The number of halogens is 2. The van der Waals surface area contributed by atoms with Crippen LogP contribution in [0.3, 0.4) is 0 Å². The number of nitrogen functional groups attached to an aromatic ring is 1. The summed E-state index contributed by atoms with van der Waals surface area (Å²) >= 11 is 14.2. The van der Waals surface area contributed by atoms with E-state index >= 15 is 0 Å². The van der Waals surface area contributed by atoms with Gasteiger partial charge in [-0.15, -0.1) is 16.4 Å². The normalized spacial score (nSPS) is 10.9. The van der Waals surface area contributed by atoms with Crippen molar-refractivity contribution in [1.29, 1.82) is 5.26 Å². The number of hydrogen-bond donors (Lipinski definition) is 2. The molecule has 0 aliphatic carbocycles. The van der Waals surface area contributed by atoms with E-state index in [2.05, 4.69) is 16.2 Å². The van der Waals surface area contributed by atoms with Gasteiger partial charge in [0.25, 0.3) is 5.56 Å². The monoisotopic (exact) mass is 536 g/mol. The van der Waals surface area contributed by atoms with Gasteiger partial charge < -0.3 is 10.5 Å². The predicted molar refractivity (Wildman–Crippen MR) is 139 cm³/mol. The number of anilines is 1. The Bertz CT molecular complexity index is 1810. The molecule has 0 radical (unpaired) electrons. The van der Waals surface area contributed by atoms with Gasteiger partial charge in [0.2, 0.25) is 5.82 Å². The van der Waals surface area contributed by atoms with Gasteiger partial charge in [-0.05, 0) is 61.0 Å². The summed E-state index contributed by atoms with van der Waals surface area (Å²) < 4.78 is 6.87. The fourth-order valence-corrected chi connectivity index (χ4v) is 4.89. The molecule has 5 rings (SSSR count). The van der Waals surface area contributed by atoms with Crippen LogP contribution in [0.25, 0.3) is 27.2 Å². The van der Waals surface area contributed by atoms with Crippen LogP contribution in [0.15, 0.2) is 58.1 Å². The predicted octanol–water partition coefficient (Wildman–Crippen LogP) is 5.06. The molecule has 0 saturated heterocycles. The first-order valence-corrected chi connectivity index (χ1v) is 11.9. The molecule has 12 heteroatoms. The Kier molecular flexibility index (Phi) is 5.97. The first kappa shape index (κ1) is 23.6. The van der Waals surface area contributed by atoms with Crippen molar-refractivity contribution < 1.29 is 4.74 Å². The van der Waals surface area contributed by atoms with Crippen LogP contribution in [-0.4, -0.2) is 19.7 Å². The van der Waals surface area contributed by atoms with Gasteiger partial charge in [0, 0.05) is 5.39 Å². The summed E-state index contributed by atoms with van der Waals surface area (Å²) in [6.45, 7) is 1.96. The standard InChI is InChI=1S/C24H14Cl2N6O3S/c1-11-6-19(20-5-3-14(10-27)36-20)29-18-4-2-13(9-15(11)18)35-21-16(25)7-12(8-17(21)26)32-24(34)30-23(33)22(28)31-32/h2-9H,1H3,(H2,28,31)(H,30,33,34). The molecule has 0 fully saturated rings. The van der Waals surface area contributed by atoms with Crippen molar-refractivity contribution in [2.75, 3.05) is 5.73 Å². The highest BCUT2D eigenvalue weighted by Crippen LogP contribution is 2.39. The lowest BCUT2D eigenvalue weighted by Gasteiger charge is -2.13. The smallest absolute Gasteiger partial charge is 0.349 e. The minimum Gasteiger partial charge on any atom is -0.454 e. The Morgan fingerprint density at radius 2 is 1.86 bits per heavy atom. The number of nitriles is 1. The summed E-state index contributed by atoms with van der Waals surface area (Å²) in [5.41, 5.74) is 6.66. The lowest BCUT2D eigenvalue weighted by atomic mass is 10.1. The van der Waals surface area contributed by atoms with E-state index in [1.165, 1.54) is 23.5 Å². The molecular weight excluding hydrogens is 523 g/mol. The number of aromatic nitrogens is 4. The number of aromatic amines is 1. The first-order chi connectivity index (χ1) is 17.2. The quantitative estimate of drug-likeness (QED) is 0.327. The number of nitrogens with zero attached hydrogens (tertiary/aromatic N) is 4. The van der Waals surface area contributed by atoms with Crippen LogP contribution in [0.2, 0.25) is 10.0 Å². The molecule has 0 bridgehead atoms. The molecule has 0 amide bonds. The average molecular weight is 537 g/mol. The summed E-state index contributed by atoms with van der Waals surface area (Å²) in [6, 6.07) is 16.0. The molecule has 3 heterocycles. The highest BCUT2D eigenvalue weighted by molar-refractivity contribution is 7.15. The van der Waals surface area contributed by atoms with Crippen LogP contribution < -0.4 is 21.7 Å². The molecule has 36 heavy (non-hydrogen) atoms. The van der Waals surface area contributed by atoms with Crippen LogP contribution >= 0.6 is 34.5 Å². The van der Waals surface area contributed by atoms with Gasteiger partial charge in [-0.3, -0.25) is 9.78 Å².